The molecule has 0 radical (unpaired) electrons. The summed E-state index contributed by atoms with van der Waals surface area (Å²) < 4.78 is 5.23. The summed E-state index contributed by atoms with van der Waals surface area (Å²) in [5, 5.41) is 20.6. The Morgan fingerprint density at radius 3 is 2.95 bits per heavy atom. The van der Waals surface area contributed by atoms with E-state index in [1.54, 1.807) is 4.90 Å². The van der Waals surface area contributed by atoms with Crippen molar-refractivity contribution < 1.29 is 19.6 Å². The Hall–Kier alpha value is -2.15. The number of ether oxygens (including phenoxy) is 1. The molecule has 1 amide bonds. The van der Waals surface area contributed by atoms with E-state index in [9.17, 15) is 20.0 Å². The van der Waals surface area contributed by atoms with Gasteiger partial charge in [0, 0.05) is 12.6 Å². The molecule has 1 fully saturated rings. The van der Waals surface area contributed by atoms with Gasteiger partial charge in [0.15, 0.2) is 0 Å². The summed E-state index contributed by atoms with van der Waals surface area (Å²) in [6.07, 6.45) is 0. The number of nitro groups is 1. The molecule has 1 saturated heterocycles. The molecular weight excluding hydrogens is 252 g/mol. The van der Waals surface area contributed by atoms with Crippen molar-refractivity contribution in [3.05, 3.63) is 33.9 Å². The number of phenolic OH excluding ortho intramolecular Hbond substituents is 1. The molecule has 0 saturated carbocycles. The van der Waals surface area contributed by atoms with Crippen LogP contribution in [0.25, 0.3) is 0 Å². The predicted octanol–water partition coefficient (Wildman–Crippen LogP) is 1.16. The van der Waals surface area contributed by atoms with E-state index in [1.807, 2.05) is 6.92 Å². The normalized spacial score (nSPS) is 19.2. The number of rotatable bonds is 2. The lowest BCUT2D eigenvalue weighted by Crippen LogP contribution is -2.47. The van der Waals surface area contributed by atoms with Gasteiger partial charge in [-0.05, 0) is 13.0 Å². The van der Waals surface area contributed by atoms with Crippen LogP contribution in [0.2, 0.25) is 0 Å². The number of carbonyl (C=O) groups is 1. The topological polar surface area (TPSA) is 92.9 Å². The number of para-hydroxylation sites is 1. The molecule has 1 atom stereocenters. The molecule has 1 heterocycles. The van der Waals surface area contributed by atoms with E-state index in [-0.39, 0.29) is 11.6 Å². The van der Waals surface area contributed by atoms with Crippen molar-refractivity contribution in [1.82, 2.24) is 4.90 Å². The van der Waals surface area contributed by atoms with Crippen molar-refractivity contribution in [1.29, 1.82) is 0 Å². The van der Waals surface area contributed by atoms with Gasteiger partial charge < -0.3 is 14.7 Å². The predicted molar refractivity (Wildman–Crippen MR) is 66.1 cm³/mol. The number of nitro benzene ring substituents is 1. The van der Waals surface area contributed by atoms with Gasteiger partial charge in [-0.3, -0.25) is 14.9 Å². The van der Waals surface area contributed by atoms with Crippen LogP contribution < -0.4 is 0 Å². The van der Waals surface area contributed by atoms with Crippen LogP contribution in [0.1, 0.15) is 17.3 Å². The minimum absolute atomic E-state index is 0.0528. The van der Waals surface area contributed by atoms with Gasteiger partial charge in [-0.2, -0.15) is 0 Å². The molecule has 0 aliphatic carbocycles. The molecule has 7 nitrogen and oxygen atoms in total. The van der Waals surface area contributed by atoms with Crippen LogP contribution in [-0.2, 0) is 4.74 Å². The maximum Gasteiger partial charge on any atom is 0.311 e. The summed E-state index contributed by atoms with van der Waals surface area (Å²) in [5.41, 5.74) is -0.519. The first kappa shape index (κ1) is 13.3. The smallest absolute Gasteiger partial charge is 0.311 e. The molecule has 0 aromatic heterocycles. The third kappa shape index (κ3) is 2.50. The minimum atomic E-state index is -0.713. The molecule has 1 N–H and O–H groups in total. The lowest BCUT2D eigenvalue weighted by atomic mass is 10.1. The zero-order chi connectivity index (χ0) is 14.0. The number of carbonyl (C=O) groups excluding carboxylic acids is 1. The molecule has 0 spiro atoms. The summed E-state index contributed by atoms with van der Waals surface area (Å²) in [6, 6.07) is 3.80. The van der Waals surface area contributed by atoms with E-state index in [2.05, 4.69) is 0 Å². The van der Waals surface area contributed by atoms with Gasteiger partial charge in [0.1, 0.15) is 0 Å². The van der Waals surface area contributed by atoms with Crippen molar-refractivity contribution in [2.45, 2.75) is 13.0 Å². The quantitative estimate of drug-likeness (QED) is 0.640. The van der Waals surface area contributed by atoms with E-state index in [4.69, 9.17) is 4.74 Å². The molecule has 1 aromatic carbocycles. The first-order valence-corrected chi connectivity index (χ1v) is 5.87. The molecule has 19 heavy (non-hydrogen) atoms. The van der Waals surface area contributed by atoms with Crippen molar-refractivity contribution in [3.63, 3.8) is 0 Å². The van der Waals surface area contributed by atoms with Crippen LogP contribution >= 0.6 is 0 Å². The van der Waals surface area contributed by atoms with Crippen LogP contribution in [-0.4, -0.2) is 46.6 Å². The Morgan fingerprint density at radius 2 is 2.32 bits per heavy atom. The van der Waals surface area contributed by atoms with Crippen LogP contribution in [0.3, 0.4) is 0 Å². The van der Waals surface area contributed by atoms with E-state index in [1.165, 1.54) is 12.1 Å². The Balaban J connectivity index is 2.33. The highest BCUT2D eigenvalue weighted by Gasteiger charge is 2.29. The van der Waals surface area contributed by atoms with Crippen molar-refractivity contribution in [3.8, 4) is 5.75 Å². The maximum atomic E-state index is 12.3. The van der Waals surface area contributed by atoms with Gasteiger partial charge in [0.2, 0.25) is 5.75 Å². The third-order valence-corrected chi connectivity index (χ3v) is 3.07. The lowest BCUT2D eigenvalue weighted by molar-refractivity contribution is -0.385. The second-order valence-electron chi connectivity index (χ2n) is 4.35. The Bertz CT molecular complexity index is 517. The molecule has 1 aliphatic heterocycles. The highest BCUT2D eigenvalue weighted by atomic mass is 16.6. The fraction of sp³-hybridized carbons (Fsp3) is 0.417. The van der Waals surface area contributed by atoms with E-state index >= 15 is 0 Å². The van der Waals surface area contributed by atoms with Crippen molar-refractivity contribution in [2.75, 3.05) is 19.8 Å². The lowest BCUT2D eigenvalue weighted by Gasteiger charge is -2.33. The standard InChI is InChI=1S/C12H14N2O5/c1-8-7-19-6-5-13(8)12(16)9-3-2-4-10(11(9)15)14(17)18/h2-4,8,15H,5-7H2,1H3. The molecule has 1 unspecified atom stereocenters. The zero-order valence-corrected chi connectivity index (χ0v) is 10.4. The van der Waals surface area contributed by atoms with E-state index < -0.39 is 22.3 Å². The number of nitrogens with zero attached hydrogens (tertiary/aromatic N) is 2. The van der Waals surface area contributed by atoms with E-state index in [0.29, 0.717) is 19.8 Å². The molecule has 1 aliphatic rings. The Morgan fingerprint density at radius 1 is 1.58 bits per heavy atom. The highest BCUT2D eigenvalue weighted by molar-refractivity contribution is 5.98. The summed E-state index contributed by atoms with van der Waals surface area (Å²) in [4.78, 5) is 23.9. The highest BCUT2D eigenvalue weighted by Crippen LogP contribution is 2.30. The summed E-state index contributed by atoms with van der Waals surface area (Å²) in [5.74, 6) is -1.01. The number of benzene rings is 1. The van der Waals surface area contributed by atoms with Crippen LogP contribution in [0.5, 0.6) is 5.75 Å². The average Bonchev–Trinajstić information content (AvgIpc) is 2.38. The first-order chi connectivity index (χ1) is 9.02. The van der Waals surface area contributed by atoms with Gasteiger partial charge in [-0.1, -0.05) is 6.07 Å². The Labute approximate surface area is 109 Å². The number of phenols is 1. The van der Waals surface area contributed by atoms with Gasteiger partial charge in [0.05, 0.1) is 29.7 Å². The minimum Gasteiger partial charge on any atom is -0.502 e. The van der Waals surface area contributed by atoms with Crippen LogP contribution in [0, 0.1) is 10.1 Å². The second kappa shape index (κ2) is 5.23. The molecule has 7 heteroatoms. The van der Waals surface area contributed by atoms with Gasteiger partial charge in [-0.25, -0.2) is 0 Å². The SMILES string of the molecule is CC1COCCN1C(=O)c1cccc([N+](=O)[O-])c1O. The maximum absolute atomic E-state index is 12.3. The fourth-order valence-electron chi connectivity index (χ4n) is 2.03. The van der Waals surface area contributed by atoms with Gasteiger partial charge >= 0.3 is 5.69 Å². The van der Waals surface area contributed by atoms with Gasteiger partial charge in [0.25, 0.3) is 5.91 Å². The van der Waals surface area contributed by atoms with Gasteiger partial charge in [-0.15, -0.1) is 0 Å². The molecule has 0 bridgehead atoms. The largest absolute Gasteiger partial charge is 0.502 e. The molecule has 102 valence electrons. The fourth-order valence-corrected chi connectivity index (χ4v) is 2.03. The number of hydrogen-bond donors (Lipinski definition) is 1. The summed E-state index contributed by atoms with van der Waals surface area (Å²) in [6.45, 7) is 3.07. The van der Waals surface area contributed by atoms with Crippen LogP contribution in [0.15, 0.2) is 18.2 Å². The summed E-state index contributed by atoms with van der Waals surface area (Å²) in [7, 11) is 0. The van der Waals surface area contributed by atoms with Crippen LogP contribution in [0.4, 0.5) is 5.69 Å². The first-order valence-electron chi connectivity index (χ1n) is 5.87. The average molecular weight is 266 g/mol. The number of morpholine rings is 1. The third-order valence-electron chi connectivity index (χ3n) is 3.07. The monoisotopic (exact) mass is 266 g/mol. The molecular formula is C12H14N2O5. The number of aromatic hydroxyl groups is 1. The number of amides is 1. The second-order valence-corrected chi connectivity index (χ2v) is 4.35. The molecule has 1 aromatic rings. The molecule has 2 rings (SSSR count). The van der Waals surface area contributed by atoms with E-state index in [0.717, 1.165) is 6.07 Å². The van der Waals surface area contributed by atoms with Crippen molar-refractivity contribution in [2.24, 2.45) is 0 Å². The number of hydrogen-bond acceptors (Lipinski definition) is 5. The zero-order valence-electron chi connectivity index (χ0n) is 10.4. The Kier molecular flexibility index (Phi) is 3.66. The summed E-state index contributed by atoms with van der Waals surface area (Å²) >= 11 is 0. The van der Waals surface area contributed by atoms with Crippen molar-refractivity contribution >= 4 is 11.6 Å².